The van der Waals surface area contributed by atoms with Crippen molar-refractivity contribution in [3.05, 3.63) is 72.0 Å². The minimum Gasteiger partial charge on any atom is -0.359 e. The second-order valence-electron chi connectivity index (χ2n) is 6.63. The lowest BCUT2D eigenvalue weighted by atomic mass is 10.0. The lowest BCUT2D eigenvalue weighted by Crippen LogP contribution is -2.15. The smallest absolute Gasteiger partial charge is 0.0461 e. The van der Waals surface area contributed by atoms with Gasteiger partial charge in [-0.15, -0.1) is 0 Å². The van der Waals surface area contributed by atoms with Gasteiger partial charge in [0.2, 0.25) is 0 Å². The summed E-state index contributed by atoms with van der Waals surface area (Å²) in [5, 5.41) is 14.3. The fourth-order valence-corrected chi connectivity index (χ4v) is 2.94. The molecule has 1 aliphatic heterocycles. The van der Waals surface area contributed by atoms with Crippen molar-refractivity contribution in [1.29, 1.82) is 5.41 Å². The van der Waals surface area contributed by atoms with E-state index in [1.807, 2.05) is 44.2 Å². The van der Waals surface area contributed by atoms with E-state index in [1.165, 1.54) is 19.1 Å². The summed E-state index contributed by atoms with van der Waals surface area (Å²) in [6.45, 7) is 10.9. The Bertz CT molecular complexity index is 668. The third kappa shape index (κ3) is 8.51. The molecular weight excluding hydrogens is 344 g/mol. The van der Waals surface area contributed by atoms with Gasteiger partial charge in [0.25, 0.3) is 0 Å². The van der Waals surface area contributed by atoms with Crippen LogP contribution in [0.25, 0.3) is 6.08 Å². The van der Waals surface area contributed by atoms with E-state index in [4.69, 9.17) is 11.1 Å². The van der Waals surface area contributed by atoms with Gasteiger partial charge in [0, 0.05) is 41.2 Å². The molecule has 1 saturated heterocycles. The average molecular weight is 381 g/mol. The minimum atomic E-state index is 0.488. The standard InChI is InChI=1S/C16H21N3.C6H8.C2H7N/c1-3-5-15-13(10-17)6-4-7-16(15)19-12(2)14-8-9-18-11-14;1-2-4-6-5-3-1;1-2-3/h3-7,10,14,17-19H,2,8-9,11H2,1H3;1-4H,5-6H2;2-3H2,1H3/b5-3-,17-10?;;. The molecule has 1 aliphatic carbocycles. The molecule has 0 bridgehead atoms. The van der Waals surface area contributed by atoms with Gasteiger partial charge in [-0.2, -0.15) is 0 Å². The van der Waals surface area contributed by atoms with Crippen molar-refractivity contribution in [2.24, 2.45) is 11.7 Å². The zero-order valence-electron chi connectivity index (χ0n) is 17.4. The van der Waals surface area contributed by atoms with E-state index in [9.17, 15) is 0 Å². The van der Waals surface area contributed by atoms with E-state index < -0.39 is 0 Å². The third-order valence-corrected chi connectivity index (χ3v) is 4.36. The molecule has 1 unspecified atom stereocenters. The summed E-state index contributed by atoms with van der Waals surface area (Å²) >= 11 is 0. The second-order valence-corrected chi connectivity index (χ2v) is 6.63. The molecule has 1 atom stereocenters. The fourth-order valence-electron chi connectivity index (χ4n) is 2.94. The highest BCUT2D eigenvalue weighted by molar-refractivity contribution is 5.88. The van der Waals surface area contributed by atoms with E-state index in [1.54, 1.807) is 0 Å². The summed E-state index contributed by atoms with van der Waals surface area (Å²) in [5.74, 6) is 0.488. The number of hydrogen-bond donors (Lipinski definition) is 4. The highest BCUT2D eigenvalue weighted by Crippen LogP contribution is 2.25. The molecule has 0 aromatic heterocycles. The summed E-state index contributed by atoms with van der Waals surface area (Å²) in [6, 6.07) is 5.96. The van der Waals surface area contributed by atoms with Crippen LogP contribution in [-0.4, -0.2) is 25.8 Å². The van der Waals surface area contributed by atoms with Gasteiger partial charge >= 0.3 is 0 Å². The molecule has 1 aromatic rings. The zero-order chi connectivity index (χ0) is 20.6. The molecule has 152 valence electrons. The van der Waals surface area contributed by atoms with Gasteiger partial charge < -0.3 is 21.8 Å². The first-order valence-corrected chi connectivity index (χ1v) is 10.1. The van der Waals surface area contributed by atoms with Crippen molar-refractivity contribution < 1.29 is 0 Å². The lowest BCUT2D eigenvalue weighted by Gasteiger charge is -2.17. The van der Waals surface area contributed by atoms with Crippen molar-refractivity contribution in [3.63, 3.8) is 0 Å². The van der Waals surface area contributed by atoms with Gasteiger partial charge in [-0.1, -0.05) is 62.1 Å². The van der Waals surface area contributed by atoms with Crippen molar-refractivity contribution in [3.8, 4) is 0 Å². The van der Waals surface area contributed by atoms with Crippen LogP contribution in [0.4, 0.5) is 5.69 Å². The molecule has 4 heteroatoms. The normalized spacial score (nSPS) is 17.3. The number of rotatable bonds is 5. The Morgan fingerprint density at radius 2 is 2.00 bits per heavy atom. The summed E-state index contributed by atoms with van der Waals surface area (Å²) < 4.78 is 0. The van der Waals surface area contributed by atoms with Crippen LogP contribution in [0.1, 0.15) is 44.2 Å². The van der Waals surface area contributed by atoms with Crippen LogP contribution in [0.5, 0.6) is 0 Å². The van der Waals surface area contributed by atoms with E-state index in [2.05, 4.69) is 41.5 Å². The molecular formula is C24H36N4. The van der Waals surface area contributed by atoms with Gasteiger partial charge in [-0.3, -0.25) is 0 Å². The highest BCUT2D eigenvalue weighted by atomic mass is 15.0. The van der Waals surface area contributed by atoms with Crippen LogP contribution in [0.2, 0.25) is 0 Å². The molecule has 4 nitrogen and oxygen atoms in total. The number of nitrogens with two attached hydrogens (primary N) is 1. The van der Waals surface area contributed by atoms with E-state index in [-0.39, 0.29) is 0 Å². The topological polar surface area (TPSA) is 73.9 Å². The van der Waals surface area contributed by atoms with E-state index in [0.717, 1.165) is 48.6 Å². The van der Waals surface area contributed by atoms with Crippen LogP contribution in [0, 0.1) is 11.3 Å². The number of anilines is 1. The molecule has 3 rings (SSSR count). The van der Waals surface area contributed by atoms with Crippen molar-refractivity contribution >= 4 is 18.0 Å². The Morgan fingerprint density at radius 1 is 1.32 bits per heavy atom. The van der Waals surface area contributed by atoms with Gasteiger partial charge in [0.1, 0.15) is 0 Å². The highest BCUT2D eigenvalue weighted by Gasteiger charge is 2.18. The maximum absolute atomic E-state index is 7.49. The van der Waals surface area contributed by atoms with Crippen LogP contribution in [0.15, 0.2) is 60.9 Å². The molecule has 1 fully saturated rings. The van der Waals surface area contributed by atoms with E-state index in [0.29, 0.717) is 5.92 Å². The van der Waals surface area contributed by atoms with E-state index >= 15 is 0 Å². The fraction of sp³-hybridized carbons (Fsp3) is 0.375. The monoisotopic (exact) mass is 380 g/mol. The van der Waals surface area contributed by atoms with Crippen LogP contribution < -0.4 is 16.4 Å². The Morgan fingerprint density at radius 3 is 2.46 bits per heavy atom. The zero-order valence-corrected chi connectivity index (χ0v) is 17.4. The first-order valence-electron chi connectivity index (χ1n) is 10.1. The Kier molecular flexibility index (Phi) is 12.3. The van der Waals surface area contributed by atoms with Gasteiger partial charge in [0.15, 0.2) is 0 Å². The summed E-state index contributed by atoms with van der Waals surface area (Å²) in [5.41, 5.74) is 8.89. The van der Waals surface area contributed by atoms with Crippen molar-refractivity contribution in [1.82, 2.24) is 5.32 Å². The molecule has 5 N–H and O–H groups in total. The van der Waals surface area contributed by atoms with Crippen molar-refractivity contribution in [2.75, 3.05) is 25.0 Å². The Hall–Kier alpha value is -2.43. The number of allylic oxidation sites excluding steroid dienone is 5. The van der Waals surface area contributed by atoms with Crippen LogP contribution >= 0.6 is 0 Å². The molecule has 2 aliphatic rings. The summed E-state index contributed by atoms with van der Waals surface area (Å²) in [4.78, 5) is 0. The number of benzene rings is 1. The first kappa shape index (κ1) is 23.6. The van der Waals surface area contributed by atoms with Gasteiger partial charge in [-0.25, -0.2) is 0 Å². The molecule has 0 saturated carbocycles. The first-order chi connectivity index (χ1) is 13.7. The average Bonchev–Trinajstić information content (AvgIpc) is 3.27. The SMILES string of the molecule is C1=CCCC=C1.C=C(Nc1cccc(C=N)c1/C=C\C)C1CCNC1.CCN. The second kappa shape index (κ2) is 14.6. The van der Waals surface area contributed by atoms with Gasteiger partial charge in [0.05, 0.1) is 0 Å². The Labute approximate surface area is 170 Å². The number of nitrogens with one attached hydrogen (secondary N) is 3. The Balaban J connectivity index is 0.000000360. The molecule has 1 aromatic carbocycles. The largest absolute Gasteiger partial charge is 0.359 e. The minimum absolute atomic E-state index is 0.488. The molecule has 1 heterocycles. The quantitative estimate of drug-likeness (QED) is 0.536. The predicted octanol–water partition coefficient (Wildman–Crippen LogP) is 5.11. The third-order valence-electron chi connectivity index (χ3n) is 4.36. The summed E-state index contributed by atoms with van der Waals surface area (Å²) in [6.07, 6.45) is 17.5. The molecule has 0 radical (unpaired) electrons. The van der Waals surface area contributed by atoms with Crippen molar-refractivity contribution in [2.45, 2.75) is 33.1 Å². The maximum Gasteiger partial charge on any atom is 0.0461 e. The molecule has 28 heavy (non-hydrogen) atoms. The molecule has 0 spiro atoms. The molecule has 0 amide bonds. The summed E-state index contributed by atoms with van der Waals surface area (Å²) in [7, 11) is 0. The predicted molar refractivity (Wildman–Crippen MR) is 125 cm³/mol. The van der Waals surface area contributed by atoms with Crippen LogP contribution in [-0.2, 0) is 0 Å². The maximum atomic E-state index is 7.49. The number of hydrogen-bond acceptors (Lipinski definition) is 4. The van der Waals surface area contributed by atoms with Crippen LogP contribution in [0.3, 0.4) is 0 Å². The lowest BCUT2D eigenvalue weighted by molar-refractivity contribution is 0.688. The van der Waals surface area contributed by atoms with Gasteiger partial charge in [-0.05, 0) is 45.3 Å².